The van der Waals surface area contributed by atoms with Crippen LogP contribution in [-0.4, -0.2) is 77.7 Å². The molecule has 0 fully saturated rings. The summed E-state index contributed by atoms with van der Waals surface area (Å²) in [5.41, 5.74) is 1.63. The lowest BCUT2D eigenvalue weighted by Gasteiger charge is -2.20. The van der Waals surface area contributed by atoms with Crippen LogP contribution in [0.3, 0.4) is 0 Å². The van der Waals surface area contributed by atoms with Gasteiger partial charge in [-0.1, -0.05) is 26.7 Å². The topological polar surface area (TPSA) is 114 Å². The van der Waals surface area contributed by atoms with Crippen LogP contribution in [0.25, 0.3) is 11.2 Å². The van der Waals surface area contributed by atoms with E-state index in [2.05, 4.69) is 57.1 Å². The molecule has 12 heteroatoms. The molecule has 0 radical (unpaired) electrons. The third kappa shape index (κ3) is 6.79. The zero-order chi connectivity index (χ0) is 26.1. The Balaban J connectivity index is 1.71. The number of amides is 2. The molecule has 2 aromatic heterocycles. The molecule has 0 aliphatic heterocycles. The van der Waals surface area contributed by atoms with Crippen LogP contribution in [0, 0.1) is 0 Å². The van der Waals surface area contributed by atoms with Crippen molar-refractivity contribution in [2.45, 2.75) is 20.3 Å². The molecule has 0 aliphatic rings. The molecule has 2 amide bonds. The fourth-order valence-corrected chi connectivity index (χ4v) is 3.78. The van der Waals surface area contributed by atoms with Gasteiger partial charge >= 0.3 is 6.03 Å². The summed E-state index contributed by atoms with van der Waals surface area (Å²) in [5, 5.41) is 5.94. The van der Waals surface area contributed by atoms with Gasteiger partial charge in [0.05, 0.1) is 27.5 Å². The number of carbonyl (C=O) groups is 1. The van der Waals surface area contributed by atoms with Crippen molar-refractivity contribution in [2.75, 3.05) is 58.1 Å². The Bertz CT molecular complexity index is 1150. The SMILES string of the molecule is CCN(CC)CCCN(S)C(=O)Nc1ccc2ncc(Nc3cc(OC)c(OC)c(OC)c3)nc2n1. The van der Waals surface area contributed by atoms with Gasteiger partial charge < -0.3 is 24.4 Å². The highest BCUT2D eigenvalue weighted by molar-refractivity contribution is 7.78. The van der Waals surface area contributed by atoms with Gasteiger partial charge in [-0.25, -0.2) is 19.7 Å². The van der Waals surface area contributed by atoms with Crippen LogP contribution in [0.4, 0.5) is 22.1 Å². The minimum Gasteiger partial charge on any atom is -0.493 e. The van der Waals surface area contributed by atoms with E-state index in [9.17, 15) is 4.79 Å². The quantitative estimate of drug-likeness (QED) is 0.305. The molecule has 0 spiro atoms. The summed E-state index contributed by atoms with van der Waals surface area (Å²) in [4.78, 5) is 28.2. The molecular formula is C24H33N7O4S. The standard InChI is InChI=1S/C24H33N7O4S/c1-6-30(7-2)11-8-12-31(36)24(32)29-20-10-9-17-23(27-20)28-21(15-25-17)26-16-13-18(33-3)22(35-5)19(14-16)34-4/h9-10,13-15,36H,6-8,11-12H2,1-5H3,(H2,26,27,28,29,32). The lowest BCUT2D eigenvalue weighted by molar-refractivity contribution is 0.235. The van der Waals surface area contributed by atoms with Crippen LogP contribution in [0.2, 0.25) is 0 Å². The molecule has 2 N–H and O–H groups in total. The van der Waals surface area contributed by atoms with Crippen LogP contribution >= 0.6 is 12.8 Å². The van der Waals surface area contributed by atoms with E-state index in [0.717, 1.165) is 26.1 Å². The molecule has 194 valence electrons. The molecule has 0 bridgehead atoms. The van der Waals surface area contributed by atoms with Crippen molar-refractivity contribution in [1.29, 1.82) is 0 Å². The number of ether oxygens (including phenoxy) is 3. The molecule has 3 rings (SSSR count). The van der Waals surface area contributed by atoms with Gasteiger partial charge in [-0.3, -0.25) is 9.62 Å². The van der Waals surface area contributed by atoms with Gasteiger partial charge in [0.2, 0.25) is 5.75 Å². The molecule has 3 aromatic rings. The molecule has 36 heavy (non-hydrogen) atoms. The predicted octanol–water partition coefficient (Wildman–Crippen LogP) is 4.20. The Morgan fingerprint density at radius 1 is 0.972 bits per heavy atom. The average Bonchev–Trinajstić information content (AvgIpc) is 2.90. The second kappa shape index (κ2) is 13.0. The summed E-state index contributed by atoms with van der Waals surface area (Å²) in [5.74, 6) is 2.31. The van der Waals surface area contributed by atoms with Gasteiger partial charge in [0.15, 0.2) is 23.0 Å². The molecule has 0 atom stereocenters. The van der Waals surface area contributed by atoms with Gasteiger partial charge in [-0.2, -0.15) is 0 Å². The minimum atomic E-state index is -0.357. The number of anilines is 3. The maximum atomic E-state index is 12.5. The number of hydrogen-bond donors (Lipinski definition) is 3. The van der Waals surface area contributed by atoms with Crippen molar-refractivity contribution in [3.05, 3.63) is 30.5 Å². The van der Waals surface area contributed by atoms with Crippen LogP contribution in [0.1, 0.15) is 20.3 Å². The van der Waals surface area contributed by atoms with Crippen molar-refractivity contribution in [1.82, 2.24) is 24.2 Å². The van der Waals surface area contributed by atoms with Crippen LogP contribution in [0.15, 0.2) is 30.5 Å². The van der Waals surface area contributed by atoms with E-state index in [1.54, 1.807) is 51.8 Å². The van der Waals surface area contributed by atoms with Gasteiger partial charge in [0.25, 0.3) is 0 Å². The third-order valence-electron chi connectivity index (χ3n) is 5.55. The number of methoxy groups -OCH3 is 3. The van der Waals surface area contributed by atoms with Crippen LogP contribution in [0.5, 0.6) is 17.2 Å². The smallest absolute Gasteiger partial charge is 0.332 e. The van der Waals surface area contributed by atoms with Crippen molar-refractivity contribution >= 4 is 47.3 Å². The van der Waals surface area contributed by atoms with E-state index < -0.39 is 0 Å². The number of nitrogens with zero attached hydrogens (tertiary/aromatic N) is 5. The maximum Gasteiger partial charge on any atom is 0.332 e. The number of aromatic nitrogens is 3. The lowest BCUT2D eigenvalue weighted by atomic mass is 10.2. The van der Waals surface area contributed by atoms with Gasteiger partial charge in [0, 0.05) is 24.4 Å². The van der Waals surface area contributed by atoms with Crippen molar-refractivity contribution in [2.24, 2.45) is 0 Å². The van der Waals surface area contributed by atoms with Crippen molar-refractivity contribution < 1.29 is 19.0 Å². The first-order valence-corrected chi connectivity index (χ1v) is 12.0. The zero-order valence-corrected chi connectivity index (χ0v) is 22.1. The summed E-state index contributed by atoms with van der Waals surface area (Å²) < 4.78 is 17.5. The van der Waals surface area contributed by atoms with Crippen LogP contribution < -0.4 is 24.8 Å². The van der Waals surface area contributed by atoms with Gasteiger partial charge in [0.1, 0.15) is 11.3 Å². The monoisotopic (exact) mass is 515 g/mol. The van der Waals surface area contributed by atoms with Gasteiger partial charge in [-0.15, -0.1) is 0 Å². The normalized spacial score (nSPS) is 10.9. The molecular weight excluding hydrogens is 482 g/mol. The largest absolute Gasteiger partial charge is 0.493 e. The van der Waals surface area contributed by atoms with Crippen molar-refractivity contribution in [3.8, 4) is 17.2 Å². The van der Waals surface area contributed by atoms with E-state index in [-0.39, 0.29) is 6.03 Å². The lowest BCUT2D eigenvalue weighted by Crippen LogP contribution is -2.31. The fourth-order valence-electron chi connectivity index (χ4n) is 3.59. The molecule has 1 aromatic carbocycles. The molecule has 0 aliphatic carbocycles. The molecule has 0 unspecified atom stereocenters. The van der Waals surface area contributed by atoms with E-state index in [0.29, 0.717) is 52.3 Å². The zero-order valence-electron chi connectivity index (χ0n) is 21.2. The summed E-state index contributed by atoms with van der Waals surface area (Å²) in [7, 11) is 4.64. The first kappa shape index (κ1) is 27.1. The first-order chi connectivity index (χ1) is 17.4. The minimum absolute atomic E-state index is 0.356. The fraction of sp³-hybridized carbons (Fsp3) is 0.417. The summed E-state index contributed by atoms with van der Waals surface area (Å²) in [6, 6.07) is 6.60. The predicted molar refractivity (Wildman–Crippen MR) is 144 cm³/mol. The molecule has 11 nitrogen and oxygen atoms in total. The van der Waals surface area contributed by atoms with E-state index >= 15 is 0 Å². The van der Waals surface area contributed by atoms with Gasteiger partial charge in [-0.05, 0) is 38.2 Å². The molecule has 0 saturated carbocycles. The van der Waals surface area contributed by atoms with E-state index in [4.69, 9.17) is 14.2 Å². The number of benzene rings is 1. The number of thiol groups is 1. The van der Waals surface area contributed by atoms with Crippen LogP contribution in [-0.2, 0) is 0 Å². The Morgan fingerprint density at radius 2 is 1.64 bits per heavy atom. The summed E-state index contributed by atoms with van der Waals surface area (Å²) in [6.07, 6.45) is 2.42. The number of fused-ring (bicyclic) bond motifs is 1. The average molecular weight is 516 g/mol. The third-order valence-corrected chi connectivity index (χ3v) is 5.93. The highest BCUT2D eigenvalue weighted by Crippen LogP contribution is 2.40. The van der Waals surface area contributed by atoms with E-state index in [1.165, 1.54) is 4.31 Å². The Kier molecular flexibility index (Phi) is 9.77. The highest BCUT2D eigenvalue weighted by atomic mass is 32.1. The van der Waals surface area contributed by atoms with Crippen molar-refractivity contribution in [3.63, 3.8) is 0 Å². The Labute approximate surface area is 216 Å². The number of carbonyl (C=O) groups excluding carboxylic acids is 1. The second-order valence-electron chi connectivity index (χ2n) is 7.77. The van der Waals surface area contributed by atoms with E-state index in [1.807, 2.05) is 0 Å². The Hall–Kier alpha value is -3.51. The first-order valence-electron chi connectivity index (χ1n) is 11.6. The number of hydrogen-bond acceptors (Lipinski definition) is 10. The second-order valence-corrected chi connectivity index (χ2v) is 8.25. The summed E-state index contributed by atoms with van der Waals surface area (Å²) >= 11 is 4.32. The number of rotatable bonds is 12. The molecule has 2 heterocycles. The highest BCUT2D eigenvalue weighted by Gasteiger charge is 2.15. The number of pyridine rings is 1. The number of nitrogens with one attached hydrogen (secondary N) is 2. The maximum absolute atomic E-state index is 12.5. The number of urea groups is 1. The molecule has 0 saturated heterocycles. The Morgan fingerprint density at radius 3 is 2.25 bits per heavy atom. The summed E-state index contributed by atoms with van der Waals surface area (Å²) in [6.45, 7) is 7.62.